The molecular weight excluding hydrogens is 276 g/mol. The largest absolute Gasteiger partial charge is 0.347 e. The third kappa shape index (κ3) is 2.93. The fourth-order valence-electron chi connectivity index (χ4n) is 3.12. The molecule has 2 aromatic rings. The molecule has 5 nitrogen and oxygen atoms in total. The Morgan fingerprint density at radius 1 is 1.09 bits per heavy atom. The number of hydrogen-bond donors (Lipinski definition) is 1. The number of carbonyl (C=O) groups is 1. The summed E-state index contributed by atoms with van der Waals surface area (Å²) in [5, 5.41) is 3.18. The van der Waals surface area contributed by atoms with Gasteiger partial charge >= 0.3 is 0 Å². The van der Waals surface area contributed by atoms with Crippen LogP contribution < -0.4 is 10.2 Å². The average molecular weight is 296 g/mol. The van der Waals surface area contributed by atoms with Gasteiger partial charge in [-0.05, 0) is 24.5 Å². The van der Waals surface area contributed by atoms with Gasteiger partial charge in [0.25, 0.3) is 0 Å². The van der Waals surface area contributed by atoms with Gasteiger partial charge in [0.1, 0.15) is 0 Å². The molecule has 0 saturated carbocycles. The van der Waals surface area contributed by atoms with Gasteiger partial charge in [0.2, 0.25) is 11.9 Å². The zero-order valence-corrected chi connectivity index (χ0v) is 12.7. The van der Waals surface area contributed by atoms with Crippen LogP contribution in [0.25, 0.3) is 0 Å². The number of piperidine rings is 1. The van der Waals surface area contributed by atoms with E-state index >= 15 is 0 Å². The lowest BCUT2D eigenvalue weighted by Gasteiger charge is -2.42. The number of anilines is 1. The maximum atomic E-state index is 11.7. The molecule has 1 amide bonds. The first-order valence-electron chi connectivity index (χ1n) is 7.56. The van der Waals surface area contributed by atoms with Crippen molar-refractivity contribution in [3.05, 3.63) is 54.4 Å². The number of amides is 1. The highest BCUT2D eigenvalue weighted by atomic mass is 16.1. The molecule has 5 heteroatoms. The number of nitrogens with one attached hydrogen (secondary N) is 1. The lowest BCUT2D eigenvalue weighted by atomic mass is 9.81. The molecule has 1 saturated heterocycles. The van der Waals surface area contributed by atoms with Crippen molar-refractivity contribution >= 4 is 11.9 Å². The van der Waals surface area contributed by atoms with Crippen LogP contribution in [0.15, 0.2) is 48.8 Å². The van der Waals surface area contributed by atoms with E-state index in [2.05, 4.69) is 32.3 Å². The van der Waals surface area contributed by atoms with Gasteiger partial charge < -0.3 is 10.2 Å². The first-order valence-corrected chi connectivity index (χ1v) is 7.56. The average Bonchev–Trinajstić information content (AvgIpc) is 2.56. The van der Waals surface area contributed by atoms with Gasteiger partial charge in [0, 0.05) is 32.4 Å². The summed E-state index contributed by atoms with van der Waals surface area (Å²) in [5.74, 6) is 0.764. The number of nitrogens with zero attached hydrogens (tertiary/aromatic N) is 3. The number of carbonyl (C=O) groups excluding carboxylic acids is 1. The van der Waals surface area contributed by atoms with Gasteiger partial charge in [-0.15, -0.1) is 0 Å². The molecule has 0 atom stereocenters. The summed E-state index contributed by atoms with van der Waals surface area (Å²) in [4.78, 5) is 22.5. The Kier molecular flexibility index (Phi) is 4.04. The molecule has 1 aromatic heterocycles. The van der Waals surface area contributed by atoms with E-state index in [-0.39, 0.29) is 11.4 Å². The first-order chi connectivity index (χ1) is 10.7. The molecule has 1 fully saturated rings. The SMILES string of the molecule is CC(=O)NC1(c2ccccc2)CCN(c2ncccn2)CC1. The van der Waals surface area contributed by atoms with Crippen LogP contribution in [-0.4, -0.2) is 29.0 Å². The van der Waals surface area contributed by atoms with Crippen LogP contribution in [0.4, 0.5) is 5.95 Å². The molecule has 1 N–H and O–H groups in total. The summed E-state index contributed by atoms with van der Waals surface area (Å²) in [7, 11) is 0. The van der Waals surface area contributed by atoms with Crippen LogP contribution in [-0.2, 0) is 10.3 Å². The van der Waals surface area contributed by atoms with E-state index < -0.39 is 0 Å². The van der Waals surface area contributed by atoms with E-state index in [1.165, 1.54) is 5.56 Å². The van der Waals surface area contributed by atoms with Gasteiger partial charge in [0.05, 0.1) is 5.54 Å². The molecule has 1 aromatic carbocycles. The van der Waals surface area contributed by atoms with Crippen molar-refractivity contribution in [1.82, 2.24) is 15.3 Å². The predicted octanol–water partition coefficient (Wildman–Crippen LogP) is 2.11. The fraction of sp³-hybridized carbons (Fsp3) is 0.353. The quantitative estimate of drug-likeness (QED) is 0.942. The zero-order valence-electron chi connectivity index (χ0n) is 12.7. The van der Waals surface area contributed by atoms with E-state index in [0.717, 1.165) is 31.9 Å². The summed E-state index contributed by atoms with van der Waals surface area (Å²) in [5.41, 5.74) is 0.872. The summed E-state index contributed by atoms with van der Waals surface area (Å²) in [6.45, 7) is 3.22. The van der Waals surface area contributed by atoms with E-state index in [0.29, 0.717) is 0 Å². The van der Waals surface area contributed by atoms with E-state index in [1.54, 1.807) is 19.3 Å². The number of benzene rings is 1. The molecule has 1 aliphatic heterocycles. The van der Waals surface area contributed by atoms with Crippen LogP contribution in [0, 0.1) is 0 Å². The van der Waals surface area contributed by atoms with E-state index in [1.807, 2.05) is 24.3 Å². The Morgan fingerprint density at radius 2 is 1.73 bits per heavy atom. The number of aromatic nitrogens is 2. The van der Waals surface area contributed by atoms with Crippen molar-refractivity contribution in [2.75, 3.05) is 18.0 Å². The molecule has 3 rings (SSSR count). The molecule has 0 radical (unpaired) electrons. The minimum absolute atomic E-state index is 0.00765. The fourth-order valence-corrected chi connectivity index (χ4v) is 3.12. The number of hydrogen-bond acceptors (Lipinski definition) is 4. The van der Waals surface area contributed by atoms with Crippen LogP contribution in [0.2, 0.25) is 0 Å². The molecule has 1 aliphatic rings. The predicted molar refractivity (Wildman–Crippen MR) is 85.4 cm³/mol. The van der Waals surface area contributed by atoms with Gasteiger partial charge in [-0.1, -0.05) is 30.3 Å². The lowest BCUT2D eigenvalue weighted by molar-refractivity contribution is -0.121. The van der Waals surface area contributed by atoms with Crippen molar-refractivity contribution in [3.63, 3.8) is 0 Å². The summed E-state index contributed by atoms with van der Waals surface area (Å²) in [6.07, 6.45) is 5.20. The highest BCUT2D eigenvalue weighted by molar-refractivity contribution is 5.74. The number of rotatable bonds is 3. The summed E-state index contributed by atoms with van der Waals surface area (Å²) in [6, 6.07) is 12.0. The van der Waals surface area contributed by atoms with Gasteiger partial charge in [-0.3, -0.25) is 4.79 Å². The topological polar surface area (TPSA) is 58.1 Å². The second-order valence-corrected chi connectivity index (χ2v) is 5.67. The molecule has 0 spiro atoms. The Bertz CT molecular complexity index is 622. The van der Waals surface area contributed by atoms with Crippen LogP contribution in [0.3, 0.4) is 0 Å². The van der Waals surface area contributed by atoms with Crippen molar-refractivity contribution in [2.24, 2.45) is 0 Å². The Labute approximate surface area is 130 Å². The van der Waals surface area contributed by atoms with Crippen molar-refractivity contribution in [1.29, 1.82) is 0 Å². The third-order valence-electron chi connectivity index (χ3n) is 4.19. The zero-order chi connectivity index (χ0) is 15.4. The van der Waals surface area contributed by atoms with Crippen LogP contribution in [0.1, 0.15) is 25.3 Å². The second-order valence-electron chi connectivity index (χ2n) is 5.67. The normalized spacial score (nSPS) is 17.0. The van der Waals surface area contributed by atoms with Gasteiger partial charge in [0.15, 0.2) is 0 Å². The second kappa shape index (κ2) is 6.13. The Hall–Kier alpha value is -2.43. The summed E-state index contributed by atoms with van der Waals surface area (Å²) >= 11 is 0. The Morgan fingerprint density at radius 3 is 2.32 bits per heavy atom. The molecule has 22 heavy (non-hydrogen) atoms. The minimum Gasteiger partial charge on any atom is -0.347 e. The Balaban J connectivity index is 1.81. The summed E-state index contributed by atoms with van der Waals surface area (Å²) < 4.78 is 0. The first kappa shape index (κ1) is 14.5. The molecular formula is C17H20N4O. The molecule has 2 heterocycles. The third-order valence-corrected chi connectivity index (χ3v) is 4.19. The van der Waals surface area contributed by atoms with E-state index in [4.69, 9.17) is 0 Å². The van der Waals surface area contributed by atoms with Crippen molar-refractivity contribution < 1.29 is 4.79 Å². The maximum absolute atomic E-state index is 11.7. The highest BCUT2D eigenvalue weighted by Gasteiger charge is 2.37. The maximum Gasteiger partial charge on any atom is 0.225 e. The van der Waals surface area contributed by atoms with Crippen LogP contribution in [0.5, 0.6) is 0 Å². The lowest BCUT2D eigenvalue weighted by Crippen LogP contribution is -2.53. The van der Waals surface area contributed by atoms with Crippen LogP contribution >= 0.6 is 0 Å². The van der Waals surface area contributed by atoms with E-state index in [9.17, 15) is 4.79 Å². The molecule has 0 unspecified atom stereocenters. The molecule has 114 valence electrons. The van der Waals surface area contributed by atoms with Crippen molar-refractivity contribution in [2.45, 2.75) is 25.3 Å². The highest BCUT2D eigenvalue weighted by Crippen LogP contribution is 2.33. The van der Waals surface area contributed by atoms with Gasteiger partial charge in [-0.2, -0.15) is 0 Å². The van der Waals surface area contributed by atoms with Crippen molar-refractivity contribution in [3.8, 4) is 0 Å². The standard InChI is InChI=1S/C17H20N4O/c1-14(22)20-17(15-6-3-2-4-7-15)8-12-21(13-9-17)16-18-10-5-11-19-16/h2-7,10-11H,8-9,12-13H2,1H3,(H,20,22). The minimum atomic E-state index is -0.293. The molecule has 0 aliphatic carbocycles. The van der Waals surface area contributed by atoms with Gasteiger partial charge in [-0.25, -0.2) is 9.97 Å². The molecule has 0 bridgehead atoms. The smallest absolute Gasteiger partial charge is 0.225 e. The monoisotopic (exact) mass is 296 g/mol.